The van der Waals surface area contributed by atoms with Gasteiger partial charge in [0.2, 0.25) is 0 Å². The van der Waals surface area contributed by atoms with E-state index in [0.717, 1.165) is 74.8 Å². The number of carbonyl (C=O) groups excluding carboxylic acids is 1. The summed E-state index contributed by atoms with van der Waals surface area (Å²) in [7, 11) is 0. The van der Waals surface area contributed by atoms with Gasteiger partial charge in [-0.05, 0) is 87.7 Å². The number of amides is 1. The number of hydrogen-bond donors (Lipinski definition) is 1. The predicted octanol–water partition coefficient (Wildman–Crippen LogP) is 7.12. The maximum absolute atomic E-state index is 12.5. The Bertz CT molecular complexity index is 1200. The molecule has 0 bridgehead atoms. The fourth-order valence-electron chi connectivity index (χ4n) is 5.41. The number of aromatic nitrogens is 1. The van der Waals surface area contributed by atoms with Crippen molar-refractivity contribution in [3.63, 3.8) is 0 Å². The molecule has 5 rings (SSSR count). The van der Waals surface area contributed by atoms with E-state index in [4.69, 9.17) is 32.7 Å². The van der Waals surface area contributed by atoms with E-state index in [1.165, 1.54) is 6.42 Å². The molecular formula is C29H33Cl2N3O3. The van der Waals surface area contributed by atoms with Crippen molar-refractivity contribution in [3.05, 3.63) is 64.8 Å². The van der Waals surface area contributed by atoms with E-state index in [2.05, 4.69) is 15.2 Å². The summed E-state index contributed by atoms with van der Waals surface area (Å²) in [5.41, 5.74) is 0.816. The third-order valence-corrected chi connectivity index (χ3v) is 8.30. The molecule has 1 amide bonds. The number of rotatable bonds is 7. The minimum Gasteiger partial charge on any atom is -0.490 e. The second-order valence-electron chi connectivity index (χ2n) is 10.1. The topological polar surface area (TPSA) is 63.7 Å². The monoisotopic (exact) mass is 541 g/mol. The zero-order valence-electron chi connectivity index (χ0n) is 20.9. The Labute approximate surface area is 228 Å². The number of fused-ring (bicyclic) bond motifs is 1. The summed E-state index contributed by atoms with van der Waals surface area (Å²) in [4.78, 5) is 19.4. The zero-order valence-corrected chi connectivity index (χ0v) is 22.4. The minimum atomic E-state index is -0.384. The van der Waals surface area contributed by atoms with Gasteiger partial charge in [-0.1, -0.05) is 35.3 Å². The predicted molar refractivity (Wildman–Crippen MR) is 148 cm³/mol. The van der Waals surface area contributed by atoms with E-state index in [1.54, 1.807) is 24.4 Å². The van der Waals surface area contributed by atoms with Gasteiger partial charge in [0.1, 0.15) is 17.6 Å². The molecule has 0 radical (unpaired) electrons. The lowest BCUT2D eigenvalue weighted by molar-refractivity contribution is 0.0949. The van der Waals surface area contributed by atoms with Crippen LogP contribution in [0.4, 0.5) is 4.79 Å². The molecule has 196 valence electrons. The Morgan fingerprint density at radius 1 is 0.973 bits per heavy atom. The van der Waals surface area contributed by atoms with Gasteiger partial charge in [-0.2, -0.15) is 0 Å². The molecule has 0 atom stereocenters. The number of carbonyl (C=O) groups is 1. The van der Waals surface area contributed by atoms with Crippen LogP contribution in [0.15, 0.2) is 54.7 Å². The highest BCUT2D eigenvalue weighted by Gasteiger charge is 2.25. The molecule has 2 fully saturated rings. The van der Waals surface area contributed by atoms with Crippen molar-refractivity contribution < 1.29 is 14.3 Å². The van der Waals surface area contributed by atoms with Crippen molar-refractivity contribution in [1.82, 2.24) is 15.2 Å². The number of nitrogens with one attached hydrogen (secondary N) is 1. The molecule has 2 aliphatic rings. The van der Waals surface area contributed by atoms with Gasteiger partial charge in [0.25, 0.3) is 0 Å². The van der Waals surface area contributed by atoms with E-state index in [0.29, 0.717) is 21.7 Å². The maximum atomic E-state index is 12.5. The molecule has 8 heteroatoms. The Morgan fingerprint density at radius 3 is 2.54 bits per heavy atom. The van der Waals surface area contributed by atoms with Gasteiger partial charge in [0, 0.05) is 36.8 Å². The fourth-order valence-corrected chi connectivity index (χ4v) is 5.70. The summed E-state index contributed by atoms with van der Waals surface area (Å²) in [6.45, 7) is 3.23. The smallest absolute Gasteiger partial charge is 0.412 e. The van der Waals surface area contributed by atoms with E-state index < -0.39 is 0 Å². The van der Waals surface area contributed by atoms with E-state index in [1.807, 2.05) is 30.3 Å². The minimum absolute atomic E-state index is 0.172. The van der Waals surface area contributed by atoms with Gasteiger partial charge in [0.15, 0.2) is 0 Å². The average Bonchev–Trinajstić information content (AvgIpc) is 2.91. The van der Waals surface area contributed by atoms with Crippen LogP contribution in [0.5, 0.6) is 11.5 Å². The first-order chi connectivity index (χ1) is 18.0. The molecule has 2 aromatic carbocycles. The molecule has 0 spiro atoms. The lowest BCUT2D eigenvalue weighted by Crippen LogP contribution is -2.41. The lowest BCUT2D eigenvalue weighted by Gasteiger charge is -2.34. The van der Waals surface area contributed by atoms with E-state index in [-0.39, 0.29) is 18.2 Å². The average molecular weight is 543 g/mol. The molecule has 37 heavy (non-hydrogen) atoms. The molecular weight excluding hydrogens is 509 g/mol. The van der Waals surface area contributed by atoms with Crippen molar-refractivity contribution >= 4 is 40.2 Å². The molecule has 1 saturated heterocycles. The van der Waals surface area contributed by atoms with Gasteiger partial charge < -0.3 is 19.7 Å². The molecule has 2 heterocycles. The zero-order chi connectivity index (χ0) is 25.6. The van der Waals surface area contributed by atoms with E-state index >= 15 is 0 Å². The van der Waals surface area contributed by atoms with Crippen LogP contribution in [0.1, 0.15) is 44.9 Å². The molecule has 1 aliphatic carbocycles. The number of hydrogen-bond acceptors (Lipinski definition) is 5. The van der Waals surface area contributed by atoms with Crippen molar-refractivity contribution in [2.24, 2.45) is 5.92 Å². The number of nitrogens with zero attached hydrogens (tertiary/aromatic N) is 2. The van der Waals surface area contributed by atoms with Crippen molar-refractivity contribution in [2.45, 2.75) is 57.1 Å². The summed E-state index contributed by atoms with van der Waals surface area (Å²) in [5.74, 6) is 2.04. The fraction of sp³-hybridized carbons (Fsp3) is 0.448. The normalized spacial score (nSPS) is 21.0. The SMILES string of the molecule is O=C(N[C@H]1CC[C@H](CCN2CCC(Oc3ccc(Cl)c(Cl)c3)CC2)CC1)Oc1ccnc2ccccc12. The number of ether oxygens (including phenoxy) is 2. The Kier molecular flexibility index (Phi) is 8.70. The van der Waals surface area contributed by atoms with Crippen molar-refractivity contribution in [3.8, 4) is 11.5 Å². The first-order valence-corrected chi connectivity index (χ1v) is 14.0. The second kappa shape index (κ2) is 12.3. The molecule has 3 aromatic rings. The third-order valence-electron chi connectivity index (χ3n) is 7.56. The highest BCUT2D eigenvalue weighted by molar-refractivity contribution is 6.42. The molecule has 1 N–H and O–H groups in total. The van der Waals surface area contributed by atoms with Crippen LogP contribution >= 0.6 is 23.2 Å². The third kappa shape index (κ3) is 7.07. The number of halogens is 2. The molecule has 6 nitrogen and oxygen atoms in total. The van der Waals surface area contributed by atoms with Gasteiger partial charge in [-0.15, -0.1) is 0 Å². The highest BCUT2D eigenvalue weighted by atomic mass is 35.5. The van der Waals surface area contributed by atoms with Crippen LogP contribution < -0.4 is 14.8 Å². The molecule has 1 aliphatic heterocycles. The Hall–Kier alpha value is -2.54. The summed E-state index contributed by atoms with van der Waals surface area (Å²) >= 11 is 12.1. The first kappa shape index (κ1) is 26.1. The highest BCUT2D eigenvalue weighted by Crippen LogP contribution is 2.30. The van der Waals surface area contributed by atoms with Crippen LogP contribution in [0.3, 0.4) is 0 Å². The van der Waals surface area contributed by atoms with Crippen molar-refractivity contribution in [2.75, 3.05) is 19.6 Å². The number of pyridine rings is 1. The summed E-state index contributed by atoms with van der Waals surface area (Å²) < 4.78 is 11.7. The first-order valence-electron chi connectivity index (χ1n) is 13.2. The number of benzene rings is 2. The summed E-state index contributed by atoms with van der Waals surface area (Å²) in [5, 5.41) is 4.99. The number of likely N-dealkylation sites (tertiary alicyclic amines) is 1. The standard InChI is InChI=1S/C29H33Cl2N3O3/c30-25-10-9-23(19-26(25)31)36-22-13-17-34(18-14-22)16-12-20-5-7-21(8-6-20)33-29(35)37-28-11-15-32-27-4-2-1-3-24(27)28/h1-4,9-11,15,19-22H,5-8,12-14,16-18H2,(H,33,35)/t20-,21-. The van der Waals surface area contributed by atoms with Crippen LogP contribution in [0.2, 0.25) is 10.0 Å². The summed E-state index contributed by atoms with van der Waals surface area (Å²) in [6, 6.07) is 15.0. The maximum Gasteiger partial charge on any atom is 0.412 e. The Balaban J connectivity index is 0.989. The van der Waals surface area contributed by atoms with Gasteiger partial charge in [-0.3, -0.25) is 4.98 Å². The van der Waals surface area contributed by atoms with Gasteiger partial charge >= 0.3 is 6.09 Å². The number of piperidine rings is 1. The quantitative estimate of drug-likeness (QED) is 0.344. The van der Waals surface area contributed by atoms with Gasteiger partial charge in [0.05, 0.1) is 15.6 Å². The van der Waals surface area contributed by atoms with Gasteiger partial charge in [-0.25, -0.2) is 4.79 Å². The lowest BCUT2D eigenvalue weighted by atomic mass is 9.84. The Morgan fingerprint density at radius 2 is 1.76 bits per heavy atom. The molecule has 1 saturated carbocycles. The van der Waals surface area contributed by atoms with Crippen molar-refractivity contribution in [1.29, 1.82) is 0 Å². The largest absolute Gasteiger partial charge is 0.490 e. The molecule has 0 unspecified atom stereocenters. The van der Waals surface area contributed by atoms with Crippen LogP contribution in [-0.2, 0) is 0 Å². The van der Waals surface area contributed by atoms with Crippen LogP contribution in [0.25, 0.3) is 10.9 Å². The van der Waals surface area contributed by atoms with Crippen LogP contribution in [-0.4, -0.2) is 47.8 Å². The van der Waals surface area contributed by atoms with Crippen LogP contribution in [0, 0.1) is 5.92 Å². The van der Waals surface area contributed by atoms with E-state index in [9.17, 15) is 4.79 Å². The number of para-hydroxylation sites is 1. The molecule has 1 aromatic heterocycles. The summed E-state index contributed by atoms with van der Waals surface area (Å²) in [6.07, 6.45) is 9.02. The second-order valence-corrected chi connectivity index (χ2v) is 10.9.